The van der Waals surface area contributed by atoms with E-state index in [1.54, 1.807) is 0 Å². The molecule has 0 unspecified atom stereocenters. The monoisotopic (exact) mass is 330 g/mol. The van der Waals surface area contributed by atoms with Crippen molar-refractivity contribution in [3.05, 3.63) is 56.2 Å². The summed E-state index contributed by atoms with van der Waals surface area (Å²) in [6, 6.07) is 5.42. The second kappa shape index (κ2) is 5.71. The minimum Gasteiger partial charge on any atom is -0.299 e. The molecule has 0 aliphatic rings. The summed E-state index contributed by atoms with van der Waals surface area (Å²) >= 11 is 4.84. The zero-order chi connectivity index (χ0) is 13.1. The van der Waals surface area contributed by atoms with Crippen LogP contribution in [-0.2, 0) is 17.6 Å². The first-order valence-corrected chi connectivity index (χ1v) is 6.91. The maximum atomic E-state index is 13.0. The van der Waals surface area contributed by atoms with Crippen molar-refractivity contribution in [2.45, 2.75) is 12.8 Å². The van der Waals surface area contributed by atoms with E-state index in [9.17, 15) is 13.6 Å². The van der Waals surface area contributed by atoms with Crippen LogP contribution < -0.4 is 0 Å². The molecule has 0 aliphatic carbocycles. The van der Waals surface area contributed by atoms with Gasteiger partial charge in [0.05, 0.1) is 0 Å². The maximum Gasteiger partial charge on any atom is 0.159 e. The zero-order valence-electron chi connectivity index (χ0n) is 9.25. The van der Waals surface area contributed by atoms with E-state index in [2.05, 4.69) is 15.9 Å². The van der Waals surface area contributed by atoms with Gasteiger partial charge in [0, 0.05) is 22.2 Å². The number of rotatable bonds is 4. The van der Waals surface area contributed by atoms with Crippen LogP contribution in [0.2, 0.25) is 0 Å². The van der Waals surface area contributed by atoms with Crippen molar-refractivity contribution in [3.8, 4) is 0 Å². The number of ketones is 1. The lowest BCUT2D eigenvalue weighted by Crippen LogP contribution is -2.06. The summed E-state index contributed by atoms with van der Waals surface area (Å²) in [6.45, 7) is 0. The van der Waals surface area contributed by atoms with Crippen molar-refractivity contribution in [1.82, 2.24) is 0 Å². The quantitative estimate of drug-likeness (QED) is 0.823. The van der Waals surface area contributed by atoms with Gasteiger partial charge in [-0.15, -0.1) is 11.3 Å². The van der Waals surface area contributed by atoms with Gasteiger partial charge >= 0.3 is 0 Å². The second-order valence-corrected chi connectivity index (χ2v) is 5.69. The van der Waals surface area contributed by atoms with Crippen LogP contribution in [0, 0.1) is 11.6 Å². The predicted octanol–water partition coefficient (Wildman–Crippen LogP) is 4.14. The van der Waals surface area contributed by atoms with E-state index >= 15 is 0 Å². The fourth-order valence-corrected chi connectivity index (χ4v) is 3.09. The SMILES string of the molecule is O=C(Cc1ccc(F)c(F)c1)Cc1sccc1Br. The minimum atomic E-state index is -0.919. The van der Waals surface area contributed by atoms with Crippen LogP contribution in [0.1, 0.15) is 10.4 Å². The first-order chi connectivity index (χ1) is 8.56. The van der Waals surface area contributed by atoms with Crippen LogP contribution in [0.3, 0.4) is 0 Å². The van der Waals surface area contributed by atoms with E-state index in [1.165, 1.54) is 17.4 Å². The number of Topliss-reactive ketones (excluding diaryl/α,β-unsaturated/α-hetero) is 1. The van der Waals surface area contributed by atoms with Gasteiger partial charge in [-0.1, -0.05) is 6.07 Å². The Labute approximate surface area is 116 Å². The molecule has 94 valence electrons. The van der Waals surface area contributed by atoms with Gasteiger partial charge in [-0.05, 0) is 45.1 Å². The molecule has 18 heavy (non-hydrogen) atoms. The first-order valence-electron chi connectivity index (χ1n) is 5.24. The smallest absolute Gasteiger partial charge is 0.159 e. The Hall–Kier alpha value is -1.07. The van der Waals surface area contributed by atoms with Crippen molar-refractivity contribution >= 4 is 33.0 Å². The summed E-state index contributed by atoms with van der Waals surface area (Å²) in [4.78, 5) is 12.7. The lowest BCUT2D eigenvalue weighted by Gasteiger charge is -2.02. The van der Waals surface area contributed by atoms with E-state index in [1.807, 2.05) is 11.4 Å². The lowest BCUT2D eigenvalue weighted by atomic mass is 10.1. The number of halogens is 3. The van der Waals surface area contributed by atoms with E-state index < -0.39 is 11.6 Å². The highest BCUT2D eigenvalue weighted by Gasteiger charge is 2.10. The average molecular weight is 331 g/mol. The highest BCUT2D eigenvalue weighted by atomic mass is 79.9. The van der Waals surface area contributed by atoms with Gasteiger partial charge in [0.15, 0.2) is 11.6 Å². The molecular weight excluding hydrogens is 322 g/mol. The molecule has 2 rings (SSSR count). The van der Waals surface area contributed by atoms with Crippen LogP contribution in [0.25, 0.3) is 0 Å². The van der Waals surface area contributed by atoms with E-state index in [-0.39, 0.29) is 12.2 Å². The average Bonchev–Trinajstić information content (AvgIpc) is 2.70. The zero-order valence-corrected chi connectivity index (χ0v) is 11.7. The van der Waals surface area contributed by atoms with Gasteiger partial charge in [-0.3, -0.25) is 4.79 Å². The van der Waals surface area contributed by atoms with Crippen molar-refractivity contribution < 1.29 is 13.6 Å². The molecule has 1 heterocycles. The molecule has 0 radical (unpaired) electrons. The molecule has 0 atom stereocenters. The molecule has 0 saturated heterocycles. The second-order valence-electron chi connectivity index (χ2n) is 3.83. The van der Waals surface area contributed by atoms with Crippen LogP contribution >= 0.6 is 27.3 Å². The van der Waals surface area contributed by atoms with E-state index in [4.69, 9.17) is 0 Å². The van der Waals surface area contributed by atoms with Crippen molar-refractivity contribution in [3.63, 3.8) is 0 Å². The van der Waals surface area contributed by atoms with Crippen LogP contribution in [0.4, 0.5) is 8.78 Å². The Balaban J connectivity index is 2.03. The van der Waals surface area contributed by atoms with Crippen LogP contribution in [-0.4, -0.2) is 5.78 Å². The summed E-state index contributed by atoms with van der Waals surface area (Å²) < 4.78 is 26.6. The summed E-state index contributed by atoms with van der Waals surface area (Å²) in [5, 5.41) is 1.89. The van der Waals surface area contributed by atoms with Crippen molar-refractivity contribution in [1.29, 1.82) is 0 Å². The number of hydrogen-bond acceptors (Lipinski definition) is 2. The molecule has 0 amide bonds. The third kappa shape index (κ3) is 3.23. The molecule has 0 fully saturated rings. The minimum absolute atomic E-state index is 0.0239. The fraction of sp³-hybridized carbons (Fsp3) is 0.154. The molecule has 1 aromatic heterocycles. The third-order valence-electron chi connectivity index (χ3n) is 2.43. The number of benzene rings is 1. The molecule has 2 aromatic rings. The van der Waals surface area contributed by atoms with Crippen LogP contribution in [0.15, 0.2) is 34.1 Å². The van der Waals surface area contributed by atoms with Gasteiger partial charge in [0.1, 0.15) is 5.78 Å². The summed E-state index contributed by atoms with van der Waals surface area (Å²) in [7, 11) is 0. The largest absolute Gasteiger partial charge is 0.299 e. The molecular formula is C13H9BrF2OS. The number of carbonyl (C=O) groups is 1. The Morgan fingerprint density at radius 2 is 1.94 bits per heavy atom. The van der Waals surface area contributed by atoms with Crippen molar-refractivity contribution in [2.75, 3.05) is 0 Å². The summed E-state index contributed by atoms with van der Waals surface area (Å²) in [5.41, 5.74) is 0.492. The standard InChI is InChI=1S/C13H9BrF2OS/c14-10-3-4-18-13(10)7-9(17)5-8-1-2-11(15)12(16)6-8/h1-4,6H,5,7H2. The number of carbonyl (C=O) groups excluding carboxylic acids is 1. The highest BCUT2D eigenvalue weighted by Crippen LogP contribution is 2.23. The maximum absolute atomic E-state index is 13.0. The van der Waals surface area contributed by atoms with Gasteiger partial charge in [-0.25, -0.2) is 8.78 Å². The predicted molar refractivity (Wildman–Crippen MR) is 70.8 cm³/mol. The molecule has 0 N–H and O–H groups in total. The van der Waals surface area contributed by atoms with Gasteiger partial charge in [0.25, 0.3) is 0 Å². The topological polar surface area (TPSA) is 17.1 Å². The van der Waals surface area contributed by atoms with Crippen molar-refractivity contribution in [2.24, 2.45) is 0 Å². The summed E-state index contributed by atoms with van der Waals surface area (Å²) in [5.74, 6) is -1.84. The Morgan fingerprint density at radius 1 is 1.17 bits per heavy atom. The van der Waals surface area contributed by atoms with Gasteiger partial charge in [-0.2, -0.15) is 0 Å². The third-order valence-corrected chi connectivity index (χ3v) is 4.36. The number of thiophene rings is 1. The molecule has 1 nitrogen and oxygen atoms in total. The normalized spacial score (nSPS) is 10.6. The lowest BCUT2D eigenvalue weighted by molar-refractivity contribution is -0.117. The number of hydrogen-bond donors (Lipinski definition) is 0. The molecule has 0 spiro atoms. The molecule has 0 saturated carbocycles. The Kier molecular flexibility index (Phi) is 4.24. The molecule has 0 aliphatic heterocycles. The van der Waals surface area contributed by atoms with Crippen LogP contribution in [0.5, 0.6) is 0 Å². The molecule has 1 aromatic carbocycles. The highest BCUT2D eigenvalue weighted by molar-refractivity contribution is 9.10. The van der Waals surface area contributed by atoms with Gasteiger partial charge in [0.2, 0.25) is 0 Å². The first kappa shape index (κ1) is 13.4. The van der Waals surface area contributed by atoms with Gasteiger partial charge < -0.3 is 0 Å². The molecule has 5 heteroatoms. The fourth-order valence-electron chi connectivity index (χ4n) is 1.57. The van der Waals surface area contributed by atoms with E-state index in [0.717, 1.165) is 21.5 Å². The molecule has 0 bridgehead atoms. The summed E-state index contributed by atoms with van der Waals surface area (Å²) in [6.07, 6.45) is 0.415. The Bertz CT molecular complexity index is 580. The Morgan fingerprint density at radius 3 is 2.56 bits per heavy atom. The van der Waals surface area contributed by atoms with E-state index in [0.29, 0.717) is 12.0 Å².